The molecule has 1 rings (SSSR count). The Labute approximate surface area is 49.1 Å². The van der Waals surface area contributed by atoms with Crippen LogP contribution in [0.4, 0.5) is 0 Å². The summed E-state index contributed by atoms with van der Waals surface area (Å²) >= 11 is 0. The number of rotatable bonds is 1. The summed E-state index contributed by atoms with van der Waals surface area (Å²) in [6, 6.07) is 2.03. The summed E-state index contributed by atoms with van der Waals surface area (Å²) in [6.45, 7) is 2.12. The maximum Gasteiger partial charge on any atom is 0.0492 e. The van der Waals surface area contributed by atoms with Gasteiger partial charge in [0.15, 0.2) is 0 Å². The van der Waals surface area contributed by atoms with Gasteiger partial charge in [0.05, 0.1) is 0 Å². The molecule has 0 saturated heterocycles. The highest BCUT2D eigenvalue weighted by molar-refractivity contribution is 4.98. The first-order valence-corrected chi connectivity index (χ1v) is 2.81. The Morgan fingerprint density at radius 2 is 2.50 bits per heavy atom. The summed E-state index contributed by atoms with van der Waals surface area (Å²) in [5, 5.41) is 4.00. The number of nitrogens with zero attached hydrogens (tertiary/aromatic N) is 2. The van der Waals surface area contributed by atoms with Crippen LogP contribution in [0, 0.1) is 0 Å². The van der Waals surface area contributed by atoms with Crippen LogP contribution in [0.15, 0.2) is 12.3 Å². The molecule has 0 unspecified atom stereocenters. The molecule has 2 heteroatoms. The first kappa shape index (κ1) is 5.35. The SMILES string of the molecule is CCc1ccnn1C. The minimum absolute atomic E-state index is 1.07. The predicted molar refractivity (Wildman–Crippen MR) is 32.6 cm³/mol. The molecule has 0 atom stereocenters. The van der Waals surface area contributed by atoms with Crippen LogP contribution in [0.2, 0.25) is 0 Å². The molecular weight excluding hydrogens is 100 g/mol. The number of aryl methyl sites for hydroxylation is 2. The maximum atomic E-state index is 4.00. The van der Waals surface area contributed by atoms with Crippen molar-refractivity contribution in [3.05, 3.63) is 18.0 Å². The van der Waals surface area contributed by atoms with Crippen LogP contribution >= 0.6 is 0 Å². The highest BCUT2D eigenvalue weighted by Gasteiger charge is 1.90. The third kappa shape index (κ3) is 0.735. The molecule has 0 amide bonds. The lowest BCUT2D eigenvalue weighted by molar-refractivity contribution is 0.718. The van der Waals surface area contributed by atoms with Crippen LogP contribution in [-0.2, 0) is 13.5 Å². The highest BCUT2D eigenvalue weighted by atomic mass is 15.2. The van der Waals surface area contributed by atoms with Gasteiger partial charge in [0.2, 0.25) is 0 Å². The average Bonchev–Trinajstić information content (AvgIpc) is 2.14. The van der Waals surface area contributed by atoms with Crippen LogP contribution in [0.25, 0.3) is 0 Å². The summed E-state index contributed by atoms with van der Waals surface area (Å²) in [5.41, 5.74) is 1.28. The summed E-state index contributed by atoms with van der Waals surface area (Å²) in [7, 11) is 1.96. The summed E-state index contributed by atoms with van der Waals surface area (Å²) in [6.07, 6.45) is 2.88. The molecule has 0 aliphatic rings. The third-order valence-corrected chi connectivity index (χ3v) is 1.28. The topological polar surface area (TPSA) is 17.8 Å². The van der Waals surface area contributed by atoms with Gasteiger partial charge in [-0.3, -0.25) is 4.68 Å². The zero-order valence-electron chi connectivity index (χ0n) is 5.26. The van der Waals surface area contributed by atoms with E-state index in [-0.39, 0.29) is 0 Å². The van der Waals surface area contributed by atoms with E-state index >= 15 is 0 Å². The third-order valence-electron chi connectivity index (χ3n) is 1.28. The van der Waals surface area contributed by atoms with E-state index in [1.165, 1.54) is 5.69 Å². The molecule has 0 saturated carbocycles. The largest absolute Gasteiger partial charge is 0.273 e. The second-order valence-electron chi connectivity index (χ2n) is 1.80. The lowest BCUT2D eigenvalue weighted by atomic mass is 10.3. The maximum absolute atomic E-state index is 4.00. The van der Waals surface area contributed by atoms with Crippen molar-refractivity contribution in [1.82, 2.24) is 9.78 Å². The summed E-state index contributed by atoms with van der Waals surface area (Å²) in [4.78, 5) is 0. The van der Waals surface area contributed by atoms with E-state index in [4.69, 9.17) is 0 Å². The Morgan fingerprint density at radius 3 is 2.75 bits per heavy atom. The first-order chi connectivity index (χ1) is 3.84. The average molecular weight is 110 g/mol. The first-order valence-electron chi connectivity index (χ1n) is 2.81. The molecule has 1 aromatic rings. The van der Waals surface area contributed by atoms with Gasteiger partial charge < -0.3 is 0 Å². The zero-order chi connectivity index (χ0) is 5.98. The molecule has 0 aliphatic heterocycles. The summed E-state index contributed by atoms with van der Waals surface area (Å²) in [5.74, 6) is 0. The highest BCUT2D eigenvalue weighted by Crippen LogP contribution is 1.94. The minimum Gasteiger partial charge on any atom is -0.273 e. The van der Waals surface area contributed by atoms with Crippen LogP contribution in [0.3, 0.4) is 0 Å². The van der Waals surface area contributed by atoms with Gasteiger partial charge in [0.25, 0.3) is 0 Å². The van der Waals surface area contributed by atoms with Gasteiger partial charge in [0.1, 0.15) is 0 Å². The van der Waals surface area contributed by atoms with E-state index in [1.54, 1.807) is 0 Å². The monoisotopic (exact) mass is 110 g/mol. The van der Waals surface area contributed by atoms with Gasteiger partial charge in [-0.05, 0) is 12.5 Å². The molecular formula is C6H10N2. The Kier molecular flexibility index (Phi) is 1.33. The second kappa shape index (κ2) is 1.99. The number of hydrogen-bond acceptors (Lipinski definition) is 1. The van der Waals surface area contributed by atoms with E-state index in [9.17, 15) is 0 Å². The molecule has 0 aliphatic carbocycles. The van der Waals surface area contributed by atoms with Crippen molar-refractivity contribution in [2.24, 2.45) is 7.05 Å². The fourth-order valence-corrected chi connectivity index (χ4v) is 0.748. The van der Waals surface area contributed by atoms with Gasteiger partial charge in [-0.1, -0.05) is 6.92 Å². The van der Waals surface area contributed by atoms with Crippen LogP contribution in [0.1, 0.15) is 12.6 Å². The van der Waals surface area contributed by atoms with Crippen molar-refractivity contribution in [2.75, 3.05) is 0 Å². The van der Waals surface area contributed by atoms with Crippen molar-refractivity contribution >= 4 is 0 Å². The molecule has 2 nitrogen and oxygen atoms in total. The quantitative estimate of drug-likeness (QED) is 0.527. The summed E-state index contributed by atoms with van der Waals surface area (Å²) < 4.78 is 1.89. The van der Waals surface area contributed by atoms with Crippen molar-refractivity contribution in [1.29, 1.82) is 0 Å². The van der Waals surface area contributed by atoms with Crippen LogP contribution in [-0.4, -0.2) is 9.78 Å². The van der Waals surface area contributed by atoms with E-state index < -0.39 is 0 Å². The second-order valence-corrected chi connectivity index (χ2v) is 1.80. The number of hydrogen-bond donors (Lipinski definition) is 0. The van der Waals surface area contributed by atoms with Gasteiger partial charge in [-0.15, -0.1) is 0 Å². The molecule has 1 heterocycles. The molecule has 0 aromatic carbocycles. The fraction of sp³-hybridized carbons (Fsp3) is 0.500. The molecule has 0 bridgehead atoms. The molecule has 44 valence electrons. The Balaban J connectivity index is 2.92. The van der Waals surface area contributed by atoms with E-state index in [1.807, 2.05) is 24.0 Å². The smallest absolute Gasteiger partial charge is 0.0492 e. The minimum atomic E-state index is 1.07. The van der Waals surface area contributed by atoms with Gasteiger partial charge in [-0.25, -0.2) is 0 Å². The van der Waals surface area contributed by atoms with Crippen LogP contribution in [0.5, 0.6) is 0 Å². The van der Waals surface area contributed by atoms with Gasteiger partial charge in [0, 0.05) is 18.9 Å². The predicted octanol–water partition coefficient (Wildman–Crippen LogP) is 0.982. The van der Waals surface area contributed by atoms with E-state index in [2.05, 4.69) is 12.0 Å². The molecule has 8 heavy (non-hydrogen) atoms. The molecule has 0 N–H and O–H groups in total. The Hall–Kier alpha value is -0.790. The van der Waals surface area contributed by atoms with E-state index in [0.29, 0.717) is 0 Å². The van der Waals surface area contributed by atoms with Gasteiger partial charge >= 0.3 is 0 Å². The van der Waals surface area contributed by atoms with E-state index in [0.717, 1.165) is 6.42 Å². The van der Waals surface area contributed by atoms with Gasteiger partial charge in [-0.2, -0.15) is 5.10 Å². The number of aromatic nitrogens is 2. The Bertz CT molecular complexity index is 167. The van der Waals surface area contributed by atoms with Crippen molar-refractivity contribution < 1.29 is 0 Å². The van der Waals surface area contributed by atoms with Crippen LogP contribution < -0.4 is 0 Å². The fourth-order valence-electron chi connectivity index (χ4n) is 0.748. The lowest BCUT2D eigenvalue weighted by Crippen LogP contribution is -1.94. The standard InChI is InChI=1S/C6H10N2/c1-3-6-4-5-7-8(6)2/h4-5H,3H2,1-2H3. The zero-order valence-corrected chi connectivity index (χ0v) is 5.26. The molecule has 0 fully saturated rings. The molecule has 1 aromatic heterocycles. The normalized spacial score (nSPS) is 9.75. The van der Waals surface area contributed by atoms with Crippen molar-refractivity contribution in [2.45, 2.75) is 13.3 Å². The molecule has 0 radical (unpaired) electrons. The Morgan fingerprint density at radius 1 is 1.75 bits per heavy atom. The van der Waals surface area contributed by atoms with Crippen molar-refractivity contribution in [3.8, 4) is 0 Å². The lowest BCUT2D eigenvalue weighted by Gasteiger charge is -1.92. The van der Waals surface area contributed by atoms with Crippen molar-refractivity contribution in [3.63, 3.8) is 0 Å². The molecule has 0 spiro atoms.